The van der Waals surface area contributed by atoms with Crippen molar-refractivity contribution in [3.8, 4) is 0 Å². The summed E-state index contributed by atoms with van der Waals surface area (Å²) in [5.41, 5.74) is 1.18. The second kappa shape index (κ2) is 11.6. The van der Waals surface area contributed by atoms with E-state index in [0.29, 0.717) is 28.5 Å². The summed E-state index contributed by atoms with van der Waals surface area (Å²) in [5.74, 6) is 0.192. The number of carbonyl (C=O) groups is 1. The van der Waals surface area contributed by atoms with E-state index in [1.165, 1.54) is 12.0 Å². The number of rotatable bonds is 5. The molecule has 2 N–H and O–H groups in total. The van der Waals surface area contributed by atoms with Crippen molar-refractivity contribution >= 4 is 53.9 Å². The van der Waals surface area contributed by atoms with E-state index in [-0.39, 0.29) is 30.7 Å². The van der Waals surface area contributed by atoms with Crippen LogP contribution in [-0.2, 0) is 11.3 Å². The molecule has 0 bridgehead atoms. The highest BCUT2D eigenvalue weighted by Crippen LogP contribution is 2.24. The fraction of sp³-hybridized carbons (Fsp3) is 0.611. The van der Waals surface area contributed by atoms with Crippen molar-refractivity contribution in [1.29, 1.82) is 0 Å². The molecule has 1 amide bonds. The number of benzene rings is 1. The lowest BCUT2D eigenvalue weighted by atomic mass is 10.0. The molecule has 0 radical (unpaired) electrons. The predicted molar refractivity (Wildman–Crippen MR) is 113 cm³/mol. The zero-order valence-corrected chi connectivity index (χ0v) is 17.8. The number of hydrogen-bond acceptors (Lipinski definition) is 3. The van der Waals surface area contributed by atoms with Gasteiger partial charge in [0.15, 0.2) is 0 Å². The van der Waals surface area contributed by atoms with Gasteiger partial charge in [-0.25, -0.2) is 0 Å². The molecule has 0 saturated carbocycles. The van der Waals surface area contributed by atoms with Gasteiger partial charge >= 0.3 is 0 Å². The standard InChI is InChI=1S/C18H25Cl2N3O.2ClH/c19-16-4-3-13(10-17(16)20)12-23-8-5-14(6-9-23)22-18(24)11-15-2-1-7-21-15;;/h3-4,10,14-15,21H,1-2,5-9,11-12H2,(H,22,24);2*1H. The molecule has 2 heterocycles. The molecule has 0 spiro atoms. The Bertz CT molecular complexity index is 574. The Morgan fingerprint density at radius 2 is 1.88 bits per heavy atom. The van der Waals surface area contributed by atoms with Gasteiger partial charge in [-0.1, -0.05) is 29.3 Å². The van der Waals surface area contributed by atoms with E-state index in [0.717, 1.165) is 45.4 Å². The lowest BCUT2D eigenvalue weighted by Gasteiger charge is -2.32. The molecule has 3 rings (SSSR count). The Hall–Kier alpha value is -0.230. The third kappa shape index (κ3) is 7.06. The number of nitrogens with one attached hydrogen (secondary N) is 2. The first-order valence-electron chi connectivity index (χ1n) is 8.79. The van der Waals surface area contributed by atoms with E-state index in [4.69, 9.17) is 23.2 Å². The molecule has 0 aliphatic carbocycles. The van der Waals surface area contributed by atoms with Gasteiger partial charge in [0.2, 0.25) is 5.91 Å². The lowest BCUT2D eigenvalue weighted by Crippen LogP contribution is -2.45. The minimum absolute atomic E-state index is 0. The molecule has 1 unspecified atom stereocenters. The van der Waals surface area contributed by atoms with Gasteiger partial charge in [-0.15, -0.1) is 24.8 Å². The van der Waals surface area contributed by atoms with Gasteiger partial charge in [0.05, 0.1) is 10.0 Å². The molecular formula is C18H27Cl4N3O. The first-order valence-corrected chi connectivity index (χ1v) is 9.55. The van der Waals surface area contributed by atoms with E-state index >= 15 is 0 Å². The van der Waals surface area contributed by atoms with Crippen LogP contribution in [0.4, 0.5) is 0 Å². The highest BCUT2D eigenvalue weighted by atomic mass is 35.5. The fourth-order valence-corrected chi connectivity index (χ4v) is 3.89. The smallest absolute Gasteiger partial charge is 0.221 e. The number of hydrogen-bond donors (Lipinski definition) is 2. The Kier molecular flexibility index (Phi) is 10.6. The summed E-state index contributed by atoms with van der Waals surface area (Å²) in [6.07, 6.45) is 4.93. The monoisotopic (exact) mass is 441 g/mol. The average Bonchev–Trinajstić information content (AvgIpc) is 3.06. The summed E-state index contributed by atoms with van der Waals surface area (Å²) in [6, 6.07) is 6.50. The molecule has 2 aliphatic heterocycles. The summed E-state index contributed by atoms with van der Waals surface area (Å²) < 4.78 is 0. The number of halogens is 4. The Labute approximate surface area is 178 Å². The second-order valence-electron chi connectivity index (χ2n) is 6.86. The number of amides is 1. The van der Waals surface area contributed by atoms with Crippen LogP contribution in [0, 0.1) is 0 Å². The van der Waals surface area contributed by atoms with Crippen LogP contribution in [0.2, 0.25) is 10.0 Å². The summed E-state index contributed by atoms with van der Waals surface area (Å²) >= 11 is 12.0. The van der Waals surface area contributed by atoms with Crippen LogP contribution in [0.3, 0.4) is 0 Å². The molecule has 2 aliphatic rings. The van der Waals surface area contributed by atoms with Crippen LogP contribution in [-0.4, -0.2) is 42.5 Å². The van der Waals surface area contributed by atoms with E-state index < -0.39 is 0 Å². The van der Waals surface area contributed by atoms with Gasteiger partial charge in [0, 0.05) is 38.1 Å². The Balaban J connectivity index is 0.00000169. The Morgan fingerprint density at radius 1 is 1.15 bits per heavy atom. The molecule has 148 valence electrons. The van der Waals surface area contributed by atoms with Crippen molar-refractivity contribution in [3.05, 3.63) is 33.8 Å². The van der Waals surface area contributed by atoms with E-state index in [9.17, 15) is 4.79 Å². The van der Waals surface area contributed by atoms with E-state index in [1.807, 2.05) is 18.2 Å². The van der Waals surface area contributed by atoms with Crippen molar-refractivity contribution in [2.24, 2.45) is 0 Å². The average molecular weight is 443 g/mol. The Morgan fingerprint density at radius 3 is 2.50 bits per heavy atom. The van der Waals surface area contributed by atoms with Crippen molar-refractivity contribution in [2.45, 2.75) is 50.7 Å². The molecule has 8 heteroatoms. The first-order chi connectivity index (χ1) is 11.6. The van der Waals surface area contributed by atoms with Crippen molar-refractivity contribution in [3.63, 3.8) is 0 Å². The molecule has 26 heavy (non-hydrogen) atoms. The predicted octanol–water partition coefficient (Wildman–Crippen LogP) is 4.06. The minimum Gasteiger partial charge on any atom is -0.353 e. The summed E-state index contributed by atoms with van der Waals surface area (Å²) in [6.45, 7) is 3.91. The van der Waals surface area contributed by atoms with Crippen molar-refractivity contribution < 1.29 is 4.79 Å². The summed E-state index contributed by atoms with van der Waals surface area (Å²) in [4.78, 5) is 14.5. The van der Waals surface area contributed by atoms with E-state index in [1.54, 1.807) is 0 Å². The van der Waals surface area contributed by atoms with Gasteiger partial charge in [-0.2, -0.15) is 0 Å². The molecule has 2 saturated heterocycles. The van der Waals surface area contributed by atoms with Crippen LogP contribution in [0.25, 0.3) is 0 Å². The number of likely N-dealkylation sites (tertiary alicyclic amines) is 1. The maximum absolute atomic E-state index is 12.1. The zero-order valence-electron chi connectivity index (χ0n) is 14.7. The molecule has 1 aromatic carbocycles. The van der Waals surface area contributed by atoms with Gasteiger partial charge in [-0.05, 0) is 49.9 Å². The number of piperidine rings is 1. The molecule has 4 nitrogen and oxygen atoms in total. The quantitative estimate of drug-likeness (QED) is 0.722. The normalized spacial score (nSPS) is 20.9. The van der Waals surface area contributed by atoms with Crippen LogP contribution in [0.5, 0.6) is 0 Å². The van der Waals surface area contributed by atoms with Crippen LogP contribution < -0.4 is 10.6 Å². The number of carbonyl (C=O) groups excluding carboxylic acids is 1. The van der Waals surface area contributed by atoms with Gasteiger partial charge < -0.3 is 10.6 Å². The van der Waals surface area contributed by atoms with Gasteiger partial charge in [-0.3, -0.25) is 9.69 Å². The third-order valence-electron chi connectivity index (χ3n) is 4.94. The maximum atomic E-state index is 12.1. The minimum atomic E-state index is 0. The first kappa shape index (κ1) is 23.8. The van der Waals surface area contributed by atoms with Crippen molar-refractivity contribution in [2.75, 3.05) is 19.6 Å². The van der Waals surface area contributed by atoms with Crippen LogP contribution >= 0.6 is 48.0 Å². The summed E-state index contributed by atoms with van der Waals surface area (Å²) in [7, 11) is 0. The van der Waals surface area contributed by atoms with Crippen LogP contribution in [0.1, 0.15) is 37.7 Å². The third-order valence-corrected chi connectivity index (χ3v) is 5.68. The molecule has 1 aromatic rings. The topological polar surface area (TPSA) is 44.4 Å². The van der Waals surface area contributed by atoms with E-state index in [2.05, 4.69) is 15.5 Å². The van der Waals surface area contributed by atoms with Crippen LogP contribution in [0.15, 0.2) is 18.2 Å². The molecular weight excluding hydrogens is 416 g/mol. The molecule has 1 atom stereocenters. The lowest BCUT2D eigenvalue weighted by molar-refractivity contribution is -0.122. The zero-order chi connectivity index (χ0) is 16.9. The SMILES string of the molecule is Cl.Cl.O=C(CC1CCCN1)NC1CCN(Cc2ccc(Cl)c(Cl)c2)CC1. The van der Waals surface area contributed by atoms with Gasteiger partial charge in [0.25, 0.3) is 0 Å². The van der Waals surface area contributed by atoms with Gasteiger partial charge in [0.1, 0.15) is 0 Å². The van der Waals surface area contributed by atoms with Crippen molar-refractivity contribution in [1.82, 2.24) is 15.5 Å². The fourth-order valence-electron chi connectivity index (χ4n) is 3.57. The largest absolute Gasteiger partial charge is 0.353 e. The second-order valence-corrected chi connectivity index (χ2v) is 7.68. The highest BCUT2D eigenvalue weighted by molar-refractivity contribution is 6.42. The highest BCUT2D eigenvalue weighted by Gasteiger charge is 2.23. The number of nitrogens with zero attached hydrogens (tertiary/aromatic N) is 1. The molecule has 2 fully saturated rings. The molecule has 0 aromatic heterocycles. The maximum Gasteiger partial charge on any atom is 0.221 e. The summed E-state index contributed by atoms with van der Waals surface area (Å²) in [5, 5.41) is 7.79.